The first kappa shape index (κ1) is 13.4. The molecule has 0 spiro atoms. The minimum Gasteiger partial charge on any atom is -0.493 e. The van der Waals surface area contributed by atoms with Gasteiger partial charge in [0.05, 0.1) is 19.9 Å². The number of aliphatic hydroxyl groups is 1. The third kappa shape index (κ3) is 2.56. The Morgan fingerprint density at radius 1 is 1.21 bits per heavy atom. The molecule has 0 radical (unpaired) electrons. The second kappa shape index (κ2) is 5.75. The van der Waals surface area contributed by atoms with E-state index in [-0.39, 0.29) is 0 Å². The van der Waals surface area contributed by atoms with Crippen molar-refractivity contribution in [3.8, 4) is 11.5 Å². The van der Waals surface area contributed by atoms with Crippen molar-refractivity contribution in [2.24, 2.45) is 0 Å². The van der Waals surface area contributed by atoms with Crippen LogP contribution in [0.2, 0.25) is 0 Å². The van der Waals surface area contributed by atoms with Gasteiger partial charge in [-0.3, -0.25) is 4.68 Å². The molecule has 1 N–H and O–H groups in total. The Bertz CT molecular complexity index is 551. The second-order valence-electron chi connectivity index (χ2n) is 4.09. The van der Waals surface area contributed by atoms with Crippen molar-refractivity contribution in [3.63, 3.8) is 0 Å². The third-order valence-corrected chi connectivity index (χ3v) is 3.05. The Morgan fingerprint density at radius 3 is 2.58 bits per heavy atom. The summed E-state index contributed by atoms with van der Waals surface area (Å²) in [6.45, 7) is 2.70. The smallest absolute Gasteiger partial charge is 0.161 e. The van der Waals surface area contributed by atoms with Crippen LogP contribution in [0, 0.1) is 0 Å². The van der Waals surface area contributed by atoms with Gasteiger partial charge in [-0.25, -0.2) is 0 Å². The number of benzene rings is 1. The average molecular weight is 262 g/mol. The van der Waals surface area contributed by atoms with Gasteiger partial charge >= 0.3 is 0 Å². The Balaban J connectivity index is 2.36. The van der Waals surface area contributed by atoms with Gasteiger partial charge in [-0.2, -0.15) is 5.10 Å². The number of ether oxygens (including phenoxy) is 2. The highest BCUT2D eigenvalue weighted by atomic mass is 16.5. The lowest BCUT2D eigenvalue weighted by atomic mass is 10.1. The Morgan fingerprint density at radius 2 is 1.95 bits per heavy atom. The van der Waals surface area contributed by atoms with Crippen LogP contribution in [-0.2, 0) is 6.54 Å². The number of aryl methyl sites for hydroxylation is 1. The minimum atomic E-state index is -0.734. The molecule has 5 nitrogen and oxygen atoms in total. The molecule has 102 valence electrons. The molecule has 0 saturated carbocycles. The standard InChI is InChI=1S/C14H18N2O3/c1-4-16-11(7-8-15-16)14(17)10-5-6-12(18-2)13(9-10)19-3/h5-9,14,17H,4H2,1-3H3. The molecule has 19 heavy (non-hydrogen) atoms. The van der Waals surface area contributed by atoms with Crippen LogP contribution in [0.1, 0.15) is 24.3 Å². The quantitative estimate of drug-likeness (QED) is 0.895. The van der Waals surface area contributed by atoms with Crippen molar-refractivity contribution in [1.29, 1.82) is 0 Å². The predicted molar refractivity (Wildman–Crippen MR) is 71.5 cm³/mol. The zero-order valence-corrected chi connectivity index (χ0v) is 11.3. The number of rotatable bonds is 5. The molecule has 0 aliphatic heterocycles. The number of hydrogen-bond acceptors (Lipinski definition) is 4. The highest BCUT2D eigenvalue weighted by Crippen LogP contribution is 2.32. The largest absolute Gasteiger partial charge is 0.493 e. The van der Waals surface area contributed by atoms with Crippen LogP contribution in [0.25, 0.3) is 0 Å². The molecule has 0 saturated heterocycles. The maximum absolute atomic E-state index is 10.4. The van der Waals surface area contributed by atoms with Gasteiger partial charge in [0.25, 0.3) is 0 Å². The Hall–Kier alpha value is -2.01. The lowest BCUT2D eigenvalue weighted by Crippen LogP contribution is -2.09. The van der Waals surface area contributed by atoms with Crippen LogP contribution in [0.15, 0.2) is 30.5 Å². The van der Waals surface area contributed by atoms with Crippen LogP contribution in [0.5, 0.6) is 11.5 Å². The van der Waals surface area contributed by atoms with E-state index in [2.05, 4.69) is 5.10 Å². The van der Waals surface area contributed by atoms with Crippen molar-refractivity contribution in [2.75, 3.05) is 14.2 Å². The fourth-order valence-corrected chi connectivity index (χ4v) is 2.03. The fourth-order valence-electron chi connectivity index (χ4n) is 2.03. The van der Waals surface area contributed by atoms with Crippen molar-refractivity contribution < 1.29 is 14.6 Å². The van der Waals surface area contributed by atoms with E-state index in [9.17, 15) is 5.11 Å². The molecule has 2 rings (SSSR count). The van der Waals surface area contributed by atoms with E-state index in [1.54, 1.807) is 37.2 Å². The Labute approximate surface area is 112 Å². The zero-order valence-electron chi connectivity index (χ0n) is 11.3. The van der Waals surface area contributed by atoms with Crippen LogP contribution in [0.3, 0.4) is 0 Å². The lowest BCUT2D eigenvalue weighted by Gasteiger charge is -2.15. The summed E-state index contributed by atoms with van der Waals surface area (Å²) in [5.74, 6) is 1.24. The Kier molecular flexibility index (Phi) is 4.06. The van der Waals surface area contributed by atoms with E-state index in [0.717, 1.165) is 11.3 Å². The van der Waals surface area contributed by atoms with Gasteiger partial charge in [-0.15, -0.1) is 0 Å². The molecule has 0 amide bonds. The summed E-state index contributed by atoms with van der Waals surface area (Å²) in [6.07, 6.45) is 0.949. The maximum Gasteiger partial charge on any atom is 0.161 e. The second-order valence-corrected chi connectivity index (χ2v) is 4.09. The summed E-state index contributed by atoms with van der Waals surface area (Å²) < 4.78 is 12.2. The third-order valence-electron chi connectivity index (χ3n) is 3.05. The van der Waals surface area contributed by atoms with Gasteiger partial charge in [0, 0.05) is 12.7 Å². The average Bonchev–Trinajstić information content (AvgIpc) is 2.94. The monoisotopic (exact) mass is 262 g/mol. The van der Waals surface area contributed by atoms with Crippen molar-refractivity contribution in [3.05, 3.63) is 41.7 Å². The van der Waals surface area contributed by atoms with Crippen molar-refractivity contribution in [2.45, 2.75) is 19.6 Å². The number of aromatic nitrogens is 2. The summed E-state index contributed by atoms with van der Waals surface area (Å²) in [5, 5.41) is 14.6. The highest BCUT2D eigenvalue weighted by molar-refractivity contribution is 5.44. The molecule has 0 aliphatic rings. The first-order chi connectivity index (χ1) is 9.21. The van der Waals surface area contributed by atoms with Crippen LogP contribution in [-0.4, -0.2) is 29.1 Å². The SMILES string of the molecule is CCn1nccc1C(O)c1ccc(OC)c(OC)c1. The molecule has 1 heterocycles. The first-order valence-electron chi connectivity index (χ1n) is 6.13. The molecule has 1 aromatic carbocycles. The van der Waals surface area contributed by atoms with Gasteiger partial charge in [0.1, 0.15) is 6.10 Å². The minimum absolute atomic E-state index is 0.599. The first-order valence-corrected chi connectivity index (χ1v) is 6.13. The topological polar surface area (TPSA) is 56.5 Å². The van der Waals surface area contributed by atoms with Gasteiger partial charge in [0.15, 0.2) is 11.5 Å². The van der Waals surface area contributed by atoms with Crippen LogP contribution >= 0.6 is 0 Å². The molecule has 1 aromatic heterocycles. The molecule has 0 fully saturated rings. The lowest BCUT2D eigenvalue weighted by molar-refractivity contribution is 0.207. The summed E-state index contributed by atoms with van der Waals surface area (Å²) in [6, 6.07) is 7.18. The van der Waals surface area contributed by atoms with E-state index < -0.39 is 6.10 Å². The van der Waals surface area contributed by atoms with E-state index in [1.807, 2.05) is 19.1 Å². The van der Waals surface area contributed by atoms with E-state index in [1.165, 1.54) is 0 Å². The molecule has 0 bridgehead atoms. The highest BCUT2D eigenvalue weighted by Gasteiger charge is 2.16. The van der Waals surface area contributed by atoms with Crippen molar-refractivity contribution >= 4 is 0 Å². The van der Waals surface area contributed by atoms with Gasteiger partial charge < -0.3 is 14.6 Å². The summed E-state index contributed by atoms with van der Waals surface area (Å²) in [5.41, 5.74) is 1.50. The number of methoxy groups -OCH3 is 2. The zero-order chi connectivity index (χ0) is 13.8. The molecule has 0 aliphatic carbocycles. The summed E-state index contributed by atoms with van der Waals surface area (Å²) >= 11 is 0. The molecule has 5 heteroatoms. The molecular weight excluding hydrogens is 244 g/mol. The van der Waals surface area contributed by atoms with Crippen LogP contribution in [0.4, 0.5) is 0 Å². The summed E-state index contributed by atoms with van der Waals surface area (Å²) in [4.78, 5) is 0. The molecular formula is C14H18N2O3. The van der Waals surface area contributed by atoms with Gasteiger partial charge in [0.2, 0.25) is 0 Å². The molecule has 1 unspecified atom stereocenters. The molecule has 1 atom stereocenters. The van der Waals surface area contributed by atoms with Crippen molar-refractivity contribution in [1.82, 2.24) is 9.78 Å². The maximum atomic E-state index is 10.4. The van der Waals surface area contributed by atoms with E-state index in [0.29, 0.717) is 18.0 Å². The fraction of sp³-hybridized carbons (Fsp3) is 0.357. The van der Waals surface area contributed by atoms with Gasteiger partial charge in [-0.1, -0.05) is 6.07 Å². The number of nitrogens with zero attached hydrogens (tertiary/aromatic N) is 2. The summed E-state index contributed by atoms with van der Waals surface area (Å²) in [7, 11) is 3.16. The number of aliphatic hydroxyl groups excluding tert-OH is 1. The normalized spacial score (nSPS) is 12.2. The van der Waals surface area contributed by atoms with E-state index >= 15 is 0 Å². The van der Waals surface area contributed by atoms with E-state index in [4.69, 9.17) is 9.47 Å². The number of hydrogen-bond donors (Lipinski definition) is 1. The van der Waals surface area contributed by atoms with Crippen LogP contribution < -0.4 is 9.47 Å². The van der Waals surface area contributed by atoms with Gasteiger partial charge in [-0.05, 0) is 30.7 Å². The molecule has 2 aromatic rings. The predicted octanol–water partition coefficient (Wildman–Crippen LogP) is 2.00.